The van der Waals surface area contributed by atoms with Gasteiger partial charge in [0.15, 0.2) is 0 Å². The van der Waals surface area contributed by atoms with Crippen molar-refractivity contribution in [3.8, 4) is 6.07 Å². The van der Waals surface area contributed by atoms with Crippen molar-refractivity contribution < 1.29 is 4.92 Å². The molecule has 0 aliphatic rings. The zero-order valence-corrected chi connectivity index (χ0v) is 6.39. The topological polar surface area (TPSA) is 84.8 Å². The van der Waals surface area contributed by atoms with Gasteiger partial charge in [-0.1, -0.05) is 5.10 Å². The number of nitro groups is 1. The van der Waals surface area contributed by atoms with Crippen LogP contribution in [0.15, 0.2) is 6.07 Å². The molecule has 0 bridgehead atoms. The van der Waals surface area contributed by atoms with Crippen LogP contribution in [0.4, 0.5) is 5.82 Å². The minimum Gasteiger partial charge on any atom is -0.358 e. The van der Waals surface area contributed by atoms with Gasteiger partial charge in [0.05, 0.1) is 18.6 Å². The van der Waals surface area contributed by atoms with Crippen LogP contribution in [0.5, 0.6) is 0 Å². The fourth-order valence-corrected chi connectivity index (χ4v) is 0.853. The Morgan fingerprint density at radius 1 is 1.92 bits per heavy atom. The van der Waals surface area contributed by atoms with Crippen molar-refractivity contribution in [2.45, 2.75) is 6.42 Å². The van der Waals surface area contributed by atoms with Gasteiger partial charge in [0.2, 0.25) is 0 Å². The number of aromatic nitrogens is 2. The minimum atomic E-state index is -0.534. The third-order valence-corrected chi connectivity index (χ3v) is 1.35. The van der Waals surface area contributed by atoms with E-state index in [0.29, 0.717) is 5.69 Å². The van der Waals surface area contributed by atoms with Crippen molar-refractivity contribution in [2.75, 3.05) is 0 Å². The van der Waals surface area contributed by atoms with E-state index < -0.39 is 4.92 Å². The summed E-state index contributed by atoms with van der Waals surface area (Å²) in [5.41, 5.74) is 0.423. The normalized spacial score (nSPS) is 9.33. The molecule has 1 heterocycles. The smallest absolute Gasteiger partial charge is 0.344 e. The second kappa shape index (κ2) is 3.00. The van der Waals surface area contributed by atoms with Crippen LogP contribution in [-0.2, 0) is 13.5 Å². The lowest BCUT2D eigenvalue weighted by molar-refractivity contribution is -0.392. The van der Waals surface area contributed by atoms with Crippen molar-refractivity contribution in [3.63, 3.8) is 0 Å². The quantitative estimate of drug-likeness (QED) is 0.470. The molecule has 0 spiro atoms. The molecule has 6 heteroatoms. The lowest BCUT2D eigenvalue weighted by Gasteiger charge is -1.89. The standard InChI is InChI=1S/C6H6N4O2/c1-9-6(10(11)12)4-5(8-9)2-3-7/h4H,2H2,1H3. The number of nitrogens with zero attached hydrogens (tertiary/aromatic N) is 4. The van der Waals surface area contributed by atoms with Crippen LogP contribution in [-0.4, -0.2) is 14.7 Å². The maximum absolute atomic E-state index is 10.3. The molecule has 0 amide bonds. The van der Waals surface area contributed by atoms with E-state index in [9.17, 15) is 10.1 Å². The first-order valence-electron chi connectivity index (χ1n) is 3.19. The van der Waals surface area contributed by atoms with Gasteiger partial charge in [-0.15, -0.1) is 4.68 Å². The van der Waals surface area contributed by atoms with Crippen molar-refractivity contribution >= 4 is 5.82 Å². The number of hydrogen-bond donors (Lipinski definition) is 0. The fourth-order valence-electron chi connectivity index (χ4n) is 0.853. The Kier molecular flexibility index (Phi) is 2.05. The van der Waals surface area contributed by atoms with E-state index in [1.165, 1.54) is 13.1 Å². The molecule has 6 nitrogen and oxygen atoms in total. The largest absolute Gasteiger partial charge is 0.358 e. The molecule has 0 aromatic carbocycles. The summed E-state index contributed by atoms with van der Waals surface area (Å²) in [6.45, 7) is 0. The molecule has 1 aromatic rings. The van der Waals surface area contributed by atoms with Gasteiger partial charge >= 0.3 is 5.82 Å². The predicted octanol–water partition coefficient (Wildman–Crippen LogP) is 0.394. The van der Waals surface area contributed by atoms with E-state index in [4.69, 9.17) is 5.26 Å². The Balaban J connectivity index is 3.02. The summed E-state index contributed by atoms with van der Waals surface area (Å²) in [6, 6.07) is 3.16. The fraction of sp³-hybridized carbons (Fsp3) is 0.333. The molecular weight excluding hydrogens is 160 g/mol. The Morgan fingerprint density at radius 2 is 2.58 bits per heavy atom. The molecule has 0 saturated carbocycles. The zero-order valence-electron chi connectivity index (χ0n) is 6.39. The van der Waals surface area contributed by atoms with Crippen molar-refractivity contribution in [2.24, 2.45) is 7.05 Å². The van der Waals surface area contributed by atoms with E-state index >= 15 is 0 Å². The third kappa shape index (κ3) is 1.40. The Hall–Kier alpha value is -1.90. The summed E-state index contributed by atoms with van der Waals surface area (Å²) in [4.78, 5) is 9.77. The molecule has 0 saturated heterocycles. The van der Waals surface area contributed by atoms with Crippen LogP contribution < -0.4 is 0 Å². The summed E-state index contributed by atoms with van der Waals surface area (Å²) in [6.07, 6.45) is 0.0989. The van der Waals surface area contributed by atoms with Gasteiger partial charge in [0, 0.05) is 0 Å². The molecular formula is C6H6N4O2. The van der Waals surface area contributed by atoms with E-state index in [1.807, 2.05) is 6.07 Å². The first-order chi connectivity index (χ1) is 5.65. The molecule has 0 radical (unpaired) electrons. The first kappa shape index (κ1) is 8.20. The highest BCUT2D eigenvalue weighted by Crippen LogP contribution is 2.11. The summed E-state index contributed by atoms with van der Waals surface area (Å²) in [7, 11) is 1.47. The minimum absolute atomic E-state index is 0.0970. The lowest BCUT2D eigenvalue weighted by Crippen LogP contribution is -1.98. The Morgan fingerprint density at radius 3 is 3.00 bits per heavy atom. The van der Waals surface area contributed by atoms with Crippen molar-refractivity contribution in [1.29, 1.82) is 5.26 Å². The van der Waals surface area contributed by atoms with E-state index in [1.54, 1.807) is 0 Å². The van der Waals surface area contributed by atoms with Crippen LogP contribution in [0, 0.1) is 21.4 Å². The van der Waals surface area contributed by atoms with Crippen LogP contribution in [0.2, 0.25) is 0 Å². The van der Waals surface area contributed by atoms with Gasteiger partial charge in [-0.25, -0.2) is 0 Å². The third-order valence-electron chi connectivity index (χ3n) is 1.35. The summed E-state index contributed by atoms with van der Waals surface area (Å²) >= 11 is 0. The van der Waals surface area contributed by atoms with Crippen LogP contribution in [0.1, 0.15) is 5.69 Å². The van der Waals surface area contributed by atoms with Crippen LogP contribution >= 0.6 is 0 Å². The average Bonchev–Trinajstić information content (AvgIpc) is 2.32. The van der Waals surface area contributed by atoms with Crippen molar-refractivity contribution in [1.82, 2.24) is 9.78 Å². The van der Waals surface area contributed by atoms with E-state index in [2.05, 4.69) is 5.10 Å². The molecule has 62 valence electrons. The summed E-state index contributed by atoms with van der Waals surface area (Å²) in [5.74, 6) is -0.0970. The maximum atomic E-state index is 10.3. The maximum Gasteiger partial charge on any atom is 0.344 e. The second-order valence-electron chi connectivity index (χ2n) is 2.21. The molecule has 1 rings (SSSR count). The molecule has 1 aromatic heterocycles. The number of aryl methyl sites for hydroxylation is 1. The van der Waals surface area contributed by atoms with E-state index in [0.717, 1.165) is 4.68 Å². The molecule has 0 fully saturated rings. The van der Waals surface area contributed by atoms with Gasteiger partial charge in [0.1, 0.15) is 12.7 Å². The van der Waals surface area contributed by atoms with Crippen LogP contribution in [0.3, 0.4) is 0 Å². The molecule has 0 N–H and O–H groups in total. The first-order valence-corrected chi connectivity index (χ1v) is 3.19. The zero-order chi connectivity index (χ0) is 9.14. The van der Waals surface area contributed by atoms with Gasteiger partial charge in [-0.05, 0) is 4.92 Å². The van der Waals surface area contributed by atoms with Gasteiger partial charge in [0.25, 0.3) is 0 Å². The average molecular weight is 166 g/mol. The highest BCUT2D eigenvalue weighted by atomic mass is 16.6. The van der Waals surface area contributed by atoms with Crippen LogP contribution in [0.25, 0.3) is 0 Å². The number of hydrogen-bond acceptors (Lipinski definition) is 4. The monoisotopic (exact) mass is 166 g/mol. The van der Waals surface area contributed by atoms with Crippen molar-refractivity contribution in [3.05, 3.63) is 21.9 Å². The molecule has 12 heavy (non-hydrogen) atoms. The second-order valence-corrected chi connectivity index (χ2v) is 2.21. The Bertz CT molecular complexity index is 349. The number of nitriles is 1. The molecule has 0 aliphatic heterocycles. The molecule has 0 atom stereocenters. The lowest BCUT2D eigenvalue weighted by atomic mass is 10.3. The summed E-state index contributed by atoms with van der Waals surface area (Å²) < 4.78 is 1.15. The molecule has 0 unspecified atom stereocenters. The SMILES string of the molecule is Cn1nc(CC#N)cc1[N+](=O)[O-]. The van der Waals surface area contributed by atoms with Gasteiger partial charge < -0.3 is 10.1 Å². The number of rotatable bonds is 2. The van der Waals surface area contributed by atoms with Gasteiger partial charge in [-0.2, -0.15) is 5.26 Å². The predicted molar refractivity (Wildman–Crippen MR) is 39.2 cm³/mol. The highest BCUT2D eigenvalue weighted by molar-refractivity contribution is 5.24. The van der Waals surface area contributed by atoms with Gasteiger partial charge in [-0.3, -0.25) is 0 Å². The molecule has 0 aliphatic carbocycles. The summed E-state index contributed by atoms with van der Waals surface area (Å²) in [5, 5.41) is 22.4. The van der Waals surface area contributed by atoms with E-state index in [-0.39, 0.29) is 12.2 Å². The highest BCUT2D eigenvalue weighted by Gasteiger charge is 2.13. The Labute approximate surface area is 68.2 Å².